The van der Waals surface area contributed by atoms with Crippen molar-refractivity contribution >= 4 is 70.3 Å². The number of nitrogens with zero attached hydrogens (tertiary/aromatic N) is 3. The van der Waals surface area contributed by atoms with Gasteiger partial charge in [0.25, 0.3) is 15.9 Å². The number of hydrogen-bond acceptors (Lipinski definition) is 7. The van der Waals surface area contributed by atoms with Crippen molar-refractivity contribution in [1.82, 2.24) is 8.87 Å². The number of halogens is 1. The van der Waals surface area contributed by atoms with Crippen LogP contribution in [0.2, 0.25) is 4.34 Å². The summed E-state index contributed by atoms with van der Waals surface area (Å²) in [6.07, 6.45) is 7.67. The van der Waals surface area contributed by atoms with Crippen molar-refractivity contribution in [3.05, 3.63) is 39.5 Å². The quantitative estimate of drug-likeness (QED) is 0.448. The van der Waals surface area contributed by atoms with Gasteiger partial charge >= 0.3 is 0 Å². The molecule has 180 valence electrons. The first-order valence-corrected chi connectivity index (χ1v) is 15.5. The van der Waals surface area contributed by atoms with Crippen molar-refractivity contribution in [2.24, 2.45) is 10.9 Å². The van der Waals surface area contributed by atoms with E-state index in [9.17, 15) is 21.6 Å². The lowest BCUT2D eigenvalue weighted by molar-refractivity contribution is -0.122. The minimum atomic E-state index is -3.75. The Labute approximate surface area is 210 Å². The van der Waals surface area contributed by atoms with Gasteiger partial charge in [0.15, 0.2) is 14.6 Å². The average Bonchev–Trinajstić information content (AvgIpc) is 3.37. The van der Waals surface area contributed by atoms with Crippen LogP contribution in [0.4, 0.5) is 0 Å². The maximum absolute atomic E-state index is 13.1. The van der Waals surface area contributed by atoms with E-state index in [1.54, 1.807) is 10.6 Å². The Morgan fingerprint density at radius 3 is 2.65 bits per heavy atom. The van der Waals surface area contributed by atoms with Gasteiger partial charge in [0.1, 0.15) is 4.21 Å². The number of sulfone groups is 1. The fourth-order valence-electron chi connectivity index (χ4n) is 3.73. The lowest BCUT2D eigenvalue weighted by Crippen LogP contribution is -2.42. The van der Waals surface area contributed by atoms with Gasteiger partial charge in [0.2, 0.25) is 0 Å². The maximum atomic E-state index is 13.1. The van der Waals surface area contributed by atoms with Gasteiger partial charge in [-0.25, -0.2) is 16.8 Å². The van der Waals surface area contributed by atoms with Crippen molar-refractivity contribution in [1.29, 1.82) is 0 Å². The first-order chi connectivity index (χ1) is 16.0. The number of hydrogen-bond donors (Lipinski definition) is 0. The molecule has 1 aromatic carbocycles. The average molecular weight is 558 g/mol. The molecule has 34 heavy (non-hydrogen) atoms. The van der Waals surface area contributed by atoms with Crippen LogP contribution < -0.4 is 4.80 Å². The van der Waals surface area contributed by atoms with Crippen LogP contribution in [0.1, 0.15) is 12.8 Å². The second-order valence-corrected chi connectivity index (χ2v) is 14.7. The molecule has 0 saturated carbocycles. The highest BCUT2D eigenvalue weighted by atomic mass is 35.5. The van der Waals surface area contributed by atoms with E-state index in [-0.39, 0.29) is 22.2 Å². The van der Waals surface area contributed by atoms with Gasteiger partial charge in [-0.15, -0.1) is 17.8 Å². The third kappa shape index (κ3) is 5.00. The van der Waals surface area contributed by atoms with E-state index >= 15 is 0 Å². The molecule has 1 atom stereocenters. The van der Waals surface area contributed by atoms with Crippen LogP contribution in [-0.4, -0.2) is 51.0 Å². The van der Waals surface area contributed by atoms with E-state index in [0.717, 1.165) is 28.9 Å². The molecule has 3 aromatic rings. The van der Waals surface area contributed by atoms with Gasteiger partial charge in [-0.05, 0) is 43.2 Å². The van der Waals surface area contributed by atoms with Crippen molar-refractivity contribution in [2.75, 3.05) is 19.3 Å². The Balaban J connectivity index is 1.67. The molecule has 1 aliphatic heterocycles. The number of sulfonamides is 1. The molecule has 3 heterocycles. The van der Waals surface area contributed by atoms with E-state index in [1.165, 1.54) is 28.6 Å². The zero-order valence-electron chi connectivity index (χ0n) is 18.0. The van der Waals surface area contributed by atoms with Crippen LogP contribution in [0.25, 0.3) is 10.2 Å². The lowest BCUT2D eigenvalue weighted by atomic mass is 9.99. The third-order valence-corrected chi connectivity index (χ3v) is 11.1. The molecule has 0 spiro atoms. The van der Waals surface area contributed by atoms with Gasteiger partial charge in [0, 0.05) is 19.3 Å². The number of aromatic nitrogens is 1. The summed E-state index contributed by atoms with van der Waals surface area (Å²) < 4.78 is 53.9. The van der Waals surface area contributed by atoms with Gasteiger partial charge in [0.05, 0.1) is 31.9 Å². The molecule has 1 aliphatic rings. The molecule has 0 radical (unpaired) electrons. The zero-order valence-corrected chi connectivity index (χ0v) is 22.0. The molecule has 8 nitrogen and oxygen atoms in total. The summed E-state index contributed by atoms with van der Waals surface area (Å²) in [5.74, 6) is 1.49. The number of carbonyl (C=O) groups is 1. The summed E-state index contributed by atoms with van der Waals surface area (Å²) in [4.78, 5) is 17.9. The SMILES string of the molecule is C#CCn1c(=NC(=O)C2CCCN(S(=O)(=O)c3ccc(Cl)s3)C2)sc2cc(S(C)(=O)=O)ccc21. The fourth-order valence-corrected chi connectivity index (χ4v) is 8.68. The smallest absolute Gasteiger partial charge is 0.252 e. The number of amides is 1. The molecule has 2 aromatic heterocycles. The highest BCUT2D eigenvalue weighted by molar-refractivity contribution is 7.91. The number of carbonyl (C=O) groups excluding carboxylic acids is 1. The molecule has 1 saturated heterocycles. The second-order valence-electron chi connectivity index (χ2n) is 7.79. The van der Waals surface area contributed by atoms with Crippen molar-refractivity contribution < 1.29 is 21.6 Å². The second kappa shape index (κ2) is 9.56. The molecular formula is C21H20ClN3O5S4. The summed E-state index contributed by atoms with van der Waals surface area (Å²) in [5.41, 5.74) is 0.671. The molecule has 13 heteroatoms. The van der Waals surface area contributed by atoms with Crippen LogP contribution in [0.5, 0.6) is 0 Å². The first kappa shape index (κ1) is 25.1. The highest BCUT2D eigenvalue weighted by Crippen LogP contribution is 2.31. The minimum Gasteiger partial charge on any atom is -0.305 e. The standard InChI is InChI=1S/C21H20ClN3O5S4/c1-3-10-25-16-7-6-15(33(2,27)28)12-17(16)31-21(25)23-20(26)14-5-4-11-24(13-14)34(29,30)19-9-8-18(22)32-19/h1,6-9,12,14H,4-5,10-11,13H2,2H3. The number of rotatable bonds is 5. The number of piperidine rings is 1. The van der Waals surface area contributed by atoms with Crippen LogP contribution >= 0.6 is 34.3 Å². The van der Waals surface area contributed by atoms with E-state index in [0.29, 0.717) is 38.7 Å². The Kier molecular flexibility index (Phi) is 7.06. The van der Waals surface area contributed by atoms with E-state index in [1.807, 2.05) is 0 Å². The van der Waals surface area contributed by atoms with E-state index in [2.05, 4.69) is 10.9 Å². The summed E-state index contributed by atoms with van der Waals surface area (Å²) >= 11 is 8.04. The molecule has 0 N–H and O–H groups in total. The Morgan fingerprint density at radius 1 is 1.24 bits per heavy atom. The normalized spacial score (nSPS) is 18.3. The molecule has 1 fully saturated rings. The molecule has 0 aliphatic carbocycles. The van der Waals surface area contributed by atoms with Crippen LogP contribution in [-0.2, 0) is 31.2 Å². The minimum absolute atomic E-state index is 0.0262. The number of fused-ring (bicyclic) bond motifs is 1. The van der Waals surface area contributed by atoms with Crippen molar-refractivity contribution in [2.45, 2.75) is 28.5 Å². The summed E-state index contributed by atoms with van der Waals surface area (Å²) in [5, 5.41) is 0. The molecule has 1 unspecified atom stereocenters. The molecular weight excluding hydrogens is 538 g/mol. The largest absolute Gasteiger partial charge is 0.305 e. The highest BCUT2D eigenvalue weighted by Gasteiger charge is 2.34. The molecule has 4 rings (SSSR count). The molecule has 1 amide bonds. The van der Waals surface area contributed by atoms with Gasteiger partial charge < -0.3 is 4.57 Å². The number of thiophene rings is 1. The van der Waals surface area contributed by atoms with Gasteiger partial charge in [-0.2, -0.15) is 9.30 Å². The van der Waals surface area contributed by atoms with Gasteiger partial charge in [-0.3, -0.25) is 4.79 Å². The van der Waals surface area contributed by atoms with Crippen molar-refractivity contribution in [3.63, 3.8) is 0 Å². The zero-order chi connectivity index (χ0) is 24.7. The van der Waals surface area contributed by atoms with E-state index < -0.39 is 31.7 Å². The topological polar surface area (TPSA) is 106 Å². The van der Waals surface area contributed by atoms with Gasteiger partial charge in [-0.1, -0.05) is 28.9 Å². The Hall–Kier alpha value is -2.01. The number of terminal acetylenes is 1. The summed E-state index contributed by atoms with van der Waals surface area (Å²) in [6.45, 7) is 0.489. The first-order valence-electron chi connectivity index (χ1n) is 10.1. The third-order valence-electron chi connectivity index (χ3n) is 5.41. The van der Waals surface area contributed by atoms with E-state index in [4.69, 9.17) is 18.0 Å². The van der Waals surface area contributed by atoms with Crippen LogP contribution in [0.3, 0.4) is 0 Å². The van der Waals surface area contributed by atoms with Crippen molar-refractivity contribution in [3.8, 4) is 12.3 Å². The summed E-state index contributed by atoms with van der Waals surface area (Å²) in [6, 6.07) is 7.66. The predicted octanol–water partition coefficient (Wildman–Crippen LogP) is 2.98. The predicted molar refractivity (Wildman–Crippen MR) is 133 cm³/mol. The number of thiazole rings is 1. The van der Waals surface area contributed by atoms with Crippen LogP contribution in [0, 0.1) is 18.3 Å². The fraction of sp³-hybridized carbons (Fsp3) is 0.333. The molecule has 0 bridgehead atoms. The maximum Gasteiger partial charge on any atom is 0.252 e. The van der Waals surface area contributed by atoms with Crippen LogP contribution in [0.15, 0.2) is 44.4 Å². The Bertz CT molecular complexity index is 1590. The Morgan fingerprint density at radius 2 is 2.00 bits per heavy atom. The number of benzene rings is 1. The monoisotopic (exact) mass is 557 g/mol. The lowest BCUT2D eigenvalue weighted by Gasteiger charge is -2.29. The summed E-state index contributed by atoms with van der Waals surface area (Å²) in [7, 11) is -7.15.